The van der Waals surface area contributed by atoms with Crippen LogP contribution >= 0.6 is 0 Å². The number of methoxy groups -OCH3 is 1. The van der Waals surface area contributed by atoms with Crippen molar-refractivity contribution in [2.45, 2.75) is 24.7 Å². The predicted molar refractivity (Wildman–Crippen MR) is 100 cm³/mol. The molecule has 0 unspecified atom stereocenters. The van der Waals surface area contributed by atoms with Crippen LogP contribution in [-0.2, 0) is 10.0 Å². The van der Waals surface area contributed by atoms with Crippen molar-refractivity contribution in [1.82, 2.24) is 4.90 Å². The van der Waals surface area contributed by atoms with E-state index in [4.69, 9.17) is 4.74 Å². The monoisotopic (exact) mass is 374 g/mol. The molecule has 1 N–H and O–H groups in total. The molecule has 0 aliphatic carbocycles. The van der Waals surface area contributed by atoms with E-state index in [1.165, 1.54) is 13.2 Å². The van der Waals surface area contributed by atoms with Gasteiger partial charge in [-0.1, -0.05) is 6.07 Å². The SMILES string of the molecule is COc1ccc(S(=O)(=O)Nc2cccc(C(=O)N3CCCC3)c2)cc1C. The average molecular weight is 374 g/mol. The van der Waals surface area contributed by atoms with Gasteiger partial charge in [0.25, 0.3) is 15.9 Å². The van der Waals surface area contributed by atoms with Crippen molar-refractivity contribution in [3.63, 3.8) is 0 Å². The molecule has 2 aromatic rings. The van der Waals surface area contributed by atoms with Gasteiger partial charge in [0.15, 0.2) is 0 Å². The van der Waals surface area contributed by atoms with Gasteiger partial charge < -0.3 is 9.64 Å². The highest BCUT2D eigenvalue weighted by molar-refractivity contribution is 7.92. The molecule has 0 saturated carbocycles. The molecule has 1 fully saturated rings. The molecule has 6 nitrogen and oxygen atoms in total. The number of nitrogens with one attached hydrogen (secondary N) is 1. The number of rotatable bonds is 5. The molecule has 1 amide bonds. The van der Waals surface area contributed by atoms with Crippen LogP contribution in [0.2, 0.25) is 0 Å². The van der Waals surface area contributed by atoms with E-state index in [1.807, 2.05) is 0 Å². The van der Waals surface area contributed by atoms with Gasteiger partial charge in [0, 0.05) is 24.3 Å². The van der Waals surface area contributed by atoms with Crippen LogP contribution in [0.15, 0.2) is 47.4 Å². The number of hydrogen-bond acceptors (Lipinski definition) is 4. The van der Waals surface area contributed by atoms with Gasteiger partial charge in [0.2, 0.25) is 0 Å². The lowest BCUT2D eigenvalue weighted by Gasteiger charge is -2.16. The summed E-state index contributed by atoms with van der Waals surface area (Å²) in [7, 11) is -2.21. The fourth-order valence-electron chi connectivity index (χ4n) is 3.05. The van der Waals surface area contributed by atoms with Crippen molar-refractivity contribution in [3.05, 3.63) is 53.6 Å². The van der Waals surface area contributed by atoms with Crippen molar-refractivity contribution in [2.75, 3.05) is 24.9 Å². The highest BCUT2D eigenvalue weighted by Gasteiger charge is 2.21. The third kappa shape index (κ3) is 3.83. The first-order valence-electron chi connectivity index (χ1n) is 8.47. The number of nitrogens with zero attached hydrogens (tertiary/aromatic N) is 1. The van der Waals surface area contributed by atoms with Crippen LogP contribution in [0.1, 0.15) is 28.8 Å². The Kier molecular flexibility index (Phi) is 5.18. The maximum Gasteiger partial charge on any atom is 0.261 e. The first-order valence-corrected chi connectivity index (χ1v) is 9.96. The van der Waals surface area contributed by atoms with E-state index in [0.29, 0.717) is 17.0 Å². The number of carbonyl (C=O) groups excluding carboxylic acids is 1. The molecule has 0 aromatic heterocycles. The maximum absolute atomic E-state index is 12.6. The van der Waals surface area contributed by atoms with E-state index in [9.17, 15) is 13.2 Å². The molecule has 1 saturated heterocycles. The van der Waals surface area contributed by atoms with Gasteiger partial charge in [-0.25, -0.2) is 8.42 Å². The minimum absolute atomic E-state index is 0.0659. The first-order chi connectivity index (χ1) is 12.4. The zero-order chi connectivity index (χ0) is 18.7. The average Bonchev–Trinajstić information content (AvgIpc) is 3.15. The summed E-state index contributed by atoms with van der Waals surface area (Å²) in [6, 6.07) is 11.3. The fraction of sp³-hybridized carbons (Fsp3) is 0.316. The van der Waals surface area contributed by atoms with E-state index < -0.39 is 10.0 Å². The number of anilines is 1. The van der Waals surface area contributed by atoms with Crippen molar-refractivity contribution >= 4 is 21.6 Å². The Morgan fingerprint density at radius 2 is 1.85 bits per heavy atom. The van der Waals surface area contributed by atoms with Crippen LogP contribution in [0.4, 0.5) is 5.69 Å². The van der Waals surface area contributed by atoms with Gasteiger partial charge in [0.1, 0.15) is 5.75 Å². The van der Waals surface area contributed by atoms with Crippen LogP contribution in [0, 0.1) is 6.92 Å². The number of aryl methyl sites for hydroxylation is 1. The second kappa shape index (κ2) is 7.37. The summed E-state index contributed by atoms with van der Waals surface area (Å²) >= 11 is 0. The Hall–Kier alpha value is -2.54. The van der Waals surface area contributed by atoms with Gasteiger partial charge in [-0.05, 0) is 61.7 Å². The van der Waals surface area contributed by atoms with Crippen LogP contribution in [0.3, 0.4) is 0 Å². The summed E-state index contributed by atoms with van der Waals surface area (Å²) in [5, 5.41) is 0. The molecule has 0 atom stereocenters. The summed E-state index contributed by atoms with van der Waals surface area (Å²) in [5.41, 5.74) is 1.58. The number of hydrogen-bond donors (Lipinski definition) is 1. The number of likely N-dealkylation sites (tertiary alicyclic amines) is 1. The molecular formula is C19H22N2O4S. The largest absolute Gasteiger partial charge is 0.496 e. The van der Waals surface area contributed by atoms with E-state index in [0.717, 1.165) is 31.5 Å². The second-order valence-corrected chi connectivity index (χ2v) is 8.00. The van der Waals surface area contributed by atoms with E-state index in [2.05, 4.69) is 4.72 Å². The van der Waals surface area contributed by atoms with E-state index in [-0.39, 0.29) is 10.8 Å². The van der Waals surface area contributed by atoms with Gasteiger partial charge in [-0.2, -0.15) is 0 Å². The molecule has 0 radical (unpaired) electrons. The number of benzene rings is 2. The minimum Gasteiger partial charge on any atom is -0.496 e. The third-order valence-corrected chi connectivity index (χ3v) is 5.81. The Morgan fingerprint density at radius 1 is 1.12 bits per heavy atom. The number of ether oxygens (including phenoxy) is 1. The van der Waals surface area contributed by atoms with Gasteiger partial charge in [-0.3, -0.25) is 9.52 Å². The minimum atomic E-state index is -3.75. The number of carbonyl (C=O) groups is 1. The molecule has 2 aromatic carbocycles. The van der Waals surface area contributed by atoms with Gasteiger partial charge in [0.05, 0.1) is 12.0 Å². The zero-order valence-corrected chi connectivity index (χ0v) is 15.7. The van der Waals surface area contributed by atoms with Crippen LogP contribution in [0.25, 0.3) is 0 Å². The number of amides is 1. The predicted octanol–water partition coefficient (Wildman–Crippen LogP) is 3.04. The van der Waals surface area contributed by atoms with Gasteiger partial charge in [-0.15, -0.1) is 0 Å². The summed E-state index contributed by atoms with van der Waals surface area (Å²) in [4.78, 5) is 14.4. The third-order valence-electron chi connectivity index (χ3n) is 4.43. The fourth-order valence-corrected chi connectivity index (χ4v) is 4.18. The van der Waals surface area contributed by atoms with Crippen LogP contribution in [0.5, 0.6) is 5.75 Å². The standard InChI is InChI=1S/C19H22N2O4S/c1-14-12-17(8-9-18(14)25-2)26(23,24)20-16-7-5-6-15(13-16)19(22)21-10-3-4-11-21/h5-9,12-13,20H,3-4,10-11H2,1-2H3. The Bertz CT molecular complexity index is 919. The lowest BCUT2D eigenvalue weighted by atomic mass is 10.2. The maximum atomic E-state index is 12.6. The summed E-state index contributed by atoms with van der Waals surface area (Å²) in [6.45, 7) is 3.28. The molecular weight excluding hydrogens is 352 g/mol. The van der Waals surface area contributed by atoms with E-state index in [1.54, 1.807) is 48.2 Å². The summed E-state index contributed by atoms with van der Waals surface area (Å²) in [5.74, 6) is 0.561. The number of sulfonamides is 1. The Morgan fingerprint density at radius 3 is 2.50 bits per heavy atom. The Labute approximate surface area is 153 Å². The molecule has 0 spiro atoms. The first kappa shape index (κ1) is 18.3. The lowest BCUT2D eigenvalue weighted by molar-refractivity contribution is 0.0793. The Balaban J connectivity index is 1.82. The molecule has 138 valence electrons. The highest BCUT2D eigenvalue weighted by Crippen LogP contribution is 2.24. The van der Waals surface area contributed by atoms with Gasteiger partial charge >= 0.3 is 0 Å². The molecule has 3 rings (SSSR count). The normalized spacial score (nSPS) is 14.3. The summed E-state index contributed by atoms with van der Waals surface area (Å²) in [6.07, 6.45) is 2.02. The van der Waals surface area contributed by atoms with Crippen molar-refractivity contribution in [3.8, 4) is 5.75 Å². The van der Waals surface area contributed by atoms with Crippen molar-refractivity contribution < 1.29 is 17.9 Å². The molecule has 1 aliphatic heterocycles. The zero-order valence-electron chi connectivity index (χ0n) is 14.9. The topological polar surface area (TPSA) is 75.7 Å². The van der Waals surface area contributed by atoms with Crippen LogP contribution < -0.4 is 9.46 Å². The van der Waals surface area contributed by atoms with Crippen LogP contribution in [-0.4, -0.2) is 39.4 Å². The molecule has 1 heterocycles. The van der Waals surface area contributed by atoms with Crippen molar-refractivity contribution in [1.29, 1.82) is 0 Å². The molecule has 26 heavy (non-hydrogen) atoms. The quantitative estimate of drug-likeness (QED) is 0.873. The molecule has 1 aliphatic rings. The summed E-state index contributed by atoms with van der Waals surface area (Å²) < 4.78 is 33.0. The second-order valence-electron chi connectivity index (χ2n) is 6.32. The smallest absolute Gasteiger partial charge is 0.261 e. The molecule has 7 heteroatoms. The highest BCUT2D eigenvalue weighted by atomic mass is 32.2. The van der Waals surface area contributed by atoms with E-state index >= 15 is 0 Å². The molecule has 0 bridgehead atoms. The van der Waals surface area contributed by atoms with Crippen molar-refractivity contribution in [2.24, 2.45) is 0 Å². The lowest BCUT2D eigenvalue weighted by Crippen LogP contribution is -2.27.